The maximum Gasteiger partial charge on any atom is 0.178 e. The molecule has 1 aromatic heterocycles. The van der Waals surface area contributed by atoms with Crippen molar-refractivity contribution in [3.8, 4) is 0 Å². The van der Waals surface area contributed by atoms with Crippen molar-refractivity contribution in [3.63, 3.8) is 0 Å². The molecule has 2 aromatic rings. The van der Waals surface area contributed by atoms with Crippen LogP contribution in [0.5, 0.6) is 0 Å². The molecule has 1 N–H and O–H groups in total. The lowest BCUT2D eigenvalue weighted by Crippen LogP contribution is -2.32. The van der Waals surface area contributed by atoms with Crippen molar-refractivity contribution in [2.75, 3.05) is 13.1 Å². The smallest absolute Gasteiger partial charge is 0.178 e. The standard InChI is InChI=1S/C15H21N3S/c1-3-17-8-4-5-12(17)10-18-14-7-6-11(2)9-13(14)16-15(18)19/h6-7,9,12H,3-5,8,10H2,1-2H3,(H,16,19). The second kappa shape index (κ2) is 5.10. The summed E-state index contributed by atoms with van der Waals surface area (Å²) in [5.41, 5.74) is 3.66. The van der Waals surface area contributed by atoms with Crippen LogP contribution < -0.4 is 0 Å². The number of imidazole rings is 1. The van der Waals surface area contributed by atoms with Crippen LogP contribution in [0.3, 0.4) is 0 Å². The van der Waals surface area contributed by atoms with Crippen LogP contribution in [0.2, 0.25) is 0 Å². The average Bonchev–Trinajstić information content (AvgIpc) is 2.95. The maximum absolute atomic E-state index is 5.49. The highest BCUT2D eigenvalue weighted by Gasteiger charge is 2.23. The van der Waals surface area contributed by atoms with Crippen molar-refractivity contribution in [1.82, 2.24) is 14.5 Å². The molecule has 1 unspecified atom stereocenters. The van der Waals surface area contributed by atoms with Gasteiger partial charge in [-0.3, -0.25) is 4.90 Å². The average molecular weight is 275 g/mol. The van der Waals surface area contributed by atoms with E-state index in [1.54, 1.807) is 0 Å². The summed E-state index contributed by atoms with van der Waals surface area (Å²) in [6.07, 6.45) is 2.60. The highest BCUT2D eigenvalue weighted by molar-refractivity contribution is 7.71. The van der Waals surface area contributed by atoms with Gasteiger partial charge in [0.2, 0.25) is 0 Å². The fourth-order valence-electron chi connectivity index (χ4n) is 3.19. The third-order valence-electron chi connectivity index (χ3n) is 4.23. The number of nitrogens with one attached hydrogen (secondary N) is 1. The molecule has 0 amide bonds. The largest absolute Gasteiger partial charge is 0.331 e. The first-order valence-corrected chi connectivity index (χ1v) is 7.53. The van der Waals surface area contributed by atoms with Gasteiger partial charge in [0.25, 0.3) is 0 Å². The Morgan fingerprint density at radius 2 is 2.26 bits per heavy atom. The van der Waals surface area contributed by atoms with Crippen molar-refractivity contribution >= 4 is 23.3 Å². The van der Waals surface area contributed by atoms with Crippen LogP contribution in [0.25, 0.3) is 11.0 Å². The first-order chi connectivity index (χ1) is 9.19. The third kappa shape index (κ3) is 2.35. The molecule has 0 radical (unpaired) electrons. The number of benzene rings is 1. The summed E-state index contributed by atoms with van der Waals surface area (Å²) in [6.45, 7) is 7.74. The molecule has 0 saturated carbocycles. The van der Waals surface area contributed by atoms with Crippen LogP contribution in [0.4, 0.5) is 0 Å². The van der Waals surface area contributed by atoms with Gasteiger partial charge in [-0.1, -0.05) is 13.0 Å². The lowest BCUT2D eigenvalue weighted by molar-refractivity contribution is 0.245. The minimum atomic E-state index is 0.636. The molecule has 4 heteroatoms. The molecule has 1 fully saturated rings. The topological polar surface area (TPSA) is 24.0 Å². The van der Waals surface area contributed by atoms with Crippen molar-refractivity contribution in [1.29, 1.82) is 0 Å². The summed E-state index contributed by atoms with van der Waals surface area (Å²) >= 11 is 5.49. The summed E-state index contributed by atoms with van der Waals surface area (Å²) in [5.74, 6) is 0. The van der Waals surface area contributed by atoms with Crippen LogP contribution in [-0.2, 0) is 6.54 Å². The Labute approximate surface area is 119 Å². The van der Waals surface area contributed by atoms with Gasteiger partial charge in [-0.05, 0) is 62.8 Å². The number of aryl methyl sites for hydroxylation is 1. The second-order valence-electron chi connectivity index (χ2n) is 5.49. The molecule has 0 bridgehead atoms. The lowest BCUT2D eigenvalue weighted by Gasteiger charge is -2.23. The first kappa shape index (κ1) is 12.9. The molecule has 2 heterocycles. The number of aromatic nitrogens is 2. The zero-order valence-electron chi connectivity index (χ0n) is 11.6. The van der Waals surface area contributed by atoms with Crippen LogP contribution >= 0.6 is 12.2 Å². The van der Waals surface area contributed by atoms with Gasteiger partial charge in [-0.25, -0.2) is 0 Å². The van der Waals surface area contributed by atoms with E-state index in [0.717, 1.165) is 23.4 Å². The van der Waals surface area contributed by atoms with Crippen LogP contribution in [-0.4, -0.2) is 33.6 Å². The van der Waals surface area contributed by atoms with Gasteiger partial charge in [0.15, 0.2) is 4.77 Å². The van der Waals surface area contributed by atoms with E-state index in [2.05, 4.69) is 46.5 Å². The number of rotatable bonds is 3. The van der Waals surface area contributed by atoms with E-state index in [4.69, 9.17) is 12.2 Å². The van der Waals surface area contributed by atoms with Crippen LogP contribution in [0.1, 0.15) is 25.3 Å². The van der Waals surface area contributed by atoms with Gasteiger partial charge in [-0.15, -0.1) is 0 Å². The van der Waals surface area contributed by atoms with E-state index >= 15 is 0 Å². The van der Waals surface area contributed by atoms with E-state index in [9.17, 15) is 0 Å². The molecule has 3 nitrogen and oxygen atoms in total. The molecule has 0 spiro atoms. The Kier molecular flexibility index (Phi) is 3.46. The number of nitrogens with zero attached hydrogens (tertiary/aromatic N) is 2. The summed E-state index contributed by atoms with van der Waals surface area (Å²) in [6, 6.07) is 7.15. The SMILES string of the molecule is CCN1CCCC1Cn1c(=S)[nH]c2cc(C)ccc21. The monoisotopic (exact) mass is 275 g/mol. The quantitative estimate of drug-likeness (QED) is 0.867. The fraction of sp³-hybridized carbons (Fsp3) is 0.533. The highest BCUT2D eigenvalue weighted by atomic mass is 32.1. The zero-order chi connectivity index (χ0) is 13.4. The maximum atomic E-state index is 5.49. The lowest BCUT2D eigenvalue weighted by atomic mass is 10.2. The molecule has 0 aliphatic carbocycles. The Morgan fingerprint density at radius 3 is 3.05 bits per heavy atom. The molecule has 102 valence electrons. The number of likely N-dealkylation sites (N-methyl/N-ethyl adjacent to an activating group) is 1. The van der Waals surface area contributed by atoms with Gasteiger partial charge < -0.3 is 9.55 Å². The minimum Gasteiger partial charge on any atom is -0.331 e. The number of aromatic amines is 1. The summed E-state index contributed by atoms with van der Waals surface area (Å²) in [5, 5.41) is 0. The summed E-state index contributed by atoms with van der Waals surface area (Å²) in [7, 11) is 0. The Hall–Kier alpha value is -1.13. The molecule has 1 aromatic carbocycles. The molecule has 1 aliphatic heterocycles. The van der Waals surface area contributed by atoms with Crippen molar-refractivity contribution < 1.29 is 0 Å². The number of likely N-dealkylation sites (tertiary alicyclic amines) is 1. The minimum absolute atomic E-state index is 0.636. The molecule has 19 heavy (non-hydrogen) atoms. The van der Waals surface area contributed by atoms with E-state index < -0.39 is 0 Å². The number of hydrogen-bond donors (Lipinski definition) is 1. The third-order valence-corrected chi connectivity index (χ3v) is 4.55. The predicted octanol–water partition coefficient (Wildman–Crippen LogP) is 3.49. The number of fused-ring (bicyclic) bond motifs is 1. The predicted molar refractivity (Wildman–Crippen MR) is 82.1 cm³/mol. The zero-order valence-corrected chi connectivity index (χ0v) is 12.5. The molecule has 1 atom stereocenters. The van der Waals surface area contributed by atoms with Crippen LogP contribution in [0, 0.1) is 11.7 Å². The van der Waals surface area contributed by atoms with Gasteiger partial charge in [0, 0.05) is 12.6 Å². The van der Waals surface area contributed by atoms with Crippen LogP contribution in [0.15, 0.2) is 18.2 Å². The number of H-pyrrole nitrogens is 1. The second-order valence-corrected chi connectivity index (χ2v) is 5.87. The van der Waals surface area contributed by atoms with E-state index in [1.165, 1.54) is 30.5 Å². The van der Waals surface area contributed by atoms with E-state index in [0.29, 0.717) is 6.04 Å². The molecule has 1 aliphatic rings. The molecule has 3 rings (SSSR count). The summed E-state index contributed by atoms with van der Waals surface area (Å²) < 4.78 is 3.12. The van der Waals surface area contributed by atoms with Crippen molar-refractivity contribution in [3.05, 3.63) is 28.5 Å². The summed E-state index contributed by atoms with van der Waals surface area (Å²) in [4.78, 5) is 5.90. The highest BCUT2D eigenvalue weighted by Crippen LogP contribution is 2.22. The Bertz CT molecular complexity index is 640. The van der Waals surface area contributed by atoms with Crippen molar-refractivity contribution in [2.45, 2.75) is 39.3 Å². The van der Waals surface area contributed by atoms with Gasteiger partial charge in [0.05, 0.1) is 11.0 Å². The molecular formula is C15H21N3S. The fourth-order valence-corrected chi connectivity index (χ4v) is 3.47. The molecular weight excluding hydrogens is 254 g/mol. The van der Waals surface area contributed by atoms with Crippen molar-refractivity contribution in [2.24, 2.45) is 0 Å². The Morgan fingerprint density at radius 1 is 1.42 bits per heavy atom. The van der Waals surface area contributed by atoms with Gasteiger partial charge >= 0.3 is 0 Å². The Balaban J connectivity index is 1.96. The van der Waals surface area contributed by atoms with E-state index in [-0.39, 0.29) is 0 Å². The number of hydrogen-bond acceptors (Lipinski definition) is 2. The normalized spacial score (nSPS) is 20.4. The van der Waals surface area contributed by atoms with Gasteiger partial charge in [-0.2, -0.15) is 0 Å². The first-order valence-electron chi connectivity index (χ1n) is 7.12. The molecule has 1 saturated heterocycles. The van der Waals surface area contributed by atoms with E-state index in [1.807, 2.05) is 0 Å². The van der Waals surface area contributed by atoms with Gasteiger partial charge in [0.1, 0.15) is 0 Å².